The molecule has 6 nitrogen and oxygen atoms in total. The number of hydrogen-bond donors (Lipinski definition) is 1. The Bertz CT molecular complexity index is 971. The Labute approximate surface area is 183 Å². The van der Waals surface area contributed by atoms with E-state index in [4.69, 9.17) is 23.9 Å². The van der Waals surface area contributed by atoms with Crippen molar-refractivity contribution in [1.82, 2.24) is 0 Å². The fraction of sp³-hybridized carbons (Fsp3) is 0.480. The zero-order valence-electron chi connectivity index (χ0n) is 18.7. The normalized spacial score (nSPS) is 22.1. The van der Waals surface area contributed by atoms with Gasteiger partial charge in [0.1, 0.15) is 0 Å². The number of rotatable bonds is 7. The topological polar surface area (TPSA) is 69.5 Å². The van der Waals surface area contributed by atoms with E-state index >= 15 is 0 Å². The Hall–Kier alpha value is -2.73. The fourth-order valence-electron chi connectivity index (χ4n) is 4.64. The molecule has 166 valence electrons. The Morgan fingerprint density at radius 1 is 0.935 bits per heavy atom. The summed E-state index contributed by atoms with van der Waals surface area (Å²) in [5, 5.41) is 10.3. The van der Waals surface area contributed by atoms with Crippen LogP contribution < -0.4 is 18.9 Å². The van der Waals surface area contributed by atoms with Gasteiger partial charge in [0, 0.05) is 17.0 Å². The van der Waals surface area contributed by atoms with Crippen LogP contribution in [0.25, 0.3) is 0 Å². The van der Waals surface area contributed by atoms with Gasteiger partial charge in [0.25, 0.3) is 0 Å². The standard InChI is InChI=1S/C25H31NO5/c1-5-10-31-24-11-15(6-9-21(24)28-2)25-19-14-23(30-4)22(29-3)13-17(19)18-12-16(27)7-8-20(18)26-25/h6,9,11,13-14,16,18,20,27H,5,7-8,10,12H2,1-4H3. The van der Waals surface area contributed by atoms with Crippen molar-refractivity contribution in [2.75, 3.05) is 27.9 Å². The van der Waals surface area contributed by atoms with Gasteiger partial charge in [0.05, 0.1) is 45.8 Å². The number of ether oxygens (including phenoxy) is 4. The lowest BCUT2D eigenvalue weighted by Crippen LogP contribution is -2.34. The van der Waals surface area contributed by atoms with E-state index in [1.165, 1.54) is 0 Å². The summed E-state index contributed by atoms with van der Waals surface area (Å²) < 4.78 is 22.6. The van der Waals surface area contributed by atoms with Crippen LogP contribution in [0.15, 0.2) is 35.3 Å². The number of nitrogens with zero attached hydrogens (tertiary/aromatic N) is 1. The number of fused-ring (bicyclic) bond motifs is 3. The largest absolute Gasteiger partial charge is 0.493 e. The zero-order valence-corrected chi connectivity index (χ0v) is 18.7. The van der Waals surface area contributed by atoms with Crippen LogP contribution in [-0.2, 0) is 0 Å². The second-order valence-electron chi connectivity index (χ2n) is 8.13. The maximum atomic E-state index is 10.3. The fourth-order valence-corrected chi connectivity index (χ4v) is 4.64. The third-order valence-corrected chi connectivity index (χ3v) is 6.19. The van der Waals surface area contributed by atoms with E-state index in [1.54, 1.807) is 21.3 Å². The number of aliphatic imine (C=N–C) groups is 1. The van der Waals surface area contributed by atoms with Crippen LogP contribution in [0.4, 0.5) is 0 Å². The molecule has 1 aliphatic heterocycles. The molecule has 2 aliphatic rings. The molecule has 2 aromatic rings. The summed E-state index contributed by atoms with van der Waals surface area (Å²) in [6, 6.07) is 10.1. The molecule has 0 amide bonds. The highest BCUT2D eigenvalue weighted by Gasteiger charge is 2.37. The summed E-state index contributed by atoms with van der Waals surface area (Å²) in [4.78, 5) is 5.17. The summed E-state index contributed by atoms with van der Waals surface area (Å²) in [5.74, 6) is 2.95. The highest BCUT2D eigenvalue weighted by atomic mass is 16.5. The molecule has 1 fully saturated rings. The molecule has 1 heterocycles. The molecular formula is C25H31NO5. The molecule has 1 N–H and O–H groups in total. The van der Waals surface area contributed by atoms with Gasteiger partial charge < -0.3 is 24.1 Å². The summed E-state index contributed by atoms with van der Waals surface area (Å²) >= 11 is 0. The number of aliphatic hydroxyl groups is 1. The van der Waals surface area contributed by atoms with Crippen molar-refractivity contribution in [2.24, 2.45) is 4.99 Å². The summed E-state index contributed by atoms with van der Waals surface area (Å²) in [6.07, 6.45) is 2.96. The van der Waals surface area contributed by atoms with Crippen LogP contribution in [0.5, 0.6) is 23.0 Å². The number of hydrogen-bond acceptors (Lipinski definition) is 6. The van der Waals surface area contributed by atoms with Crippen molar-refractivity contribution in [2.45, 2.75) is 50.7 Å². The molecule has 1 aliphatic carbocycles. The first kappa shape index (κ1) is 21.5. The molecule has 3 unspecified atom stereocenters. The number of methoxy groups -OCH3 is 3. The van der Waals surface area contributed by atoms with Crippen LogP contribution in [0.2, 0.25) is 0 Å². The van der Waals surface area contributed by atoms with Gasteiger partial charge in [0.15, 0.2) is 23.0 Å². The first-order valence-electron chi connectivity index (χ1n) is 10.9. The zero-order chi connectivity index (χ0) is 22.0. The minimum absolute atomic E-state index is 0.131. The van der Waals surface area contributed by atoms with Crippen LogP contribution >= 0.6 is 0 Å². The van der Waals surface area contributed by atoms with Gasteiger partial charge >= 0.3 is 0 Å². The smallest absolute Gasteiger partial charge is 0.161 e. The van der Waals surface area contributed by atoms with Crippen molar-refractivity contribution in [3.63, 3.8) is 0 Å². The van der Waals surface area contributed by atoms with Gasteiger partial charge in [-0.05, 0) is 61.6 Å². The SMILES string of the molecule is CCCOc1cc(C2=NC3CCC(O)CC3c3cc(OC)c(OC)cc32)ccc1OC. The van der Waals surface area contributed by atoms with Gasteiger partial charge in [-0.2, -0.15) is 0 Å². The average molecular weight is 426 g/mol. The van der Waals surface area contributed by atoms with Crippen LogP contribution in [-0.4, -0.2) is 50.9 Å². The van der Waals surface area contributed by atoms with E-state index in [0.717, 1.165) is 41.7 Å². The first-order valence-corrected chi connectivity index (χ1v) is 10.9. The Balaban J connectivity index is 1.85. The Kier molecular flexibility index (Phi) is 6.37. The minimum Gasteiger partial charge on any atom is -0.493 e. The van der Waals surface area contributed by atoms with Crippen LogP contribution in [0.1, 0.15) is 55.2 Å². The molecule has 2 aromatic carbocycles. The highest BCUT2D eigenvalue weighted by molar-refractivity contribution is 6.15. The quantitative estimate of drug-likeness (QED) is 0.714. The van der Waals surface area contributed by atoms with E-state index in [-0.39, 0.29) is 18.1 Å². The van der Waals surface area contributed by atoms with Gasteiger partial charge in [-0.3, -0.25) is 4.99 Å². The Morgan fingerprint density at radius 3 is 2.39 bits per heavy atom. The monoisotopic (exact) mass is 425 g/mol. The molecule has 0 spiro atoms. The van der Waals surface area contributed by atoms with Crippen molar-refractivity contribution < 1.29 is 24.1 Å². The lowest BCUT2D eigenvalue weighted by molar-refractivity contribution is 0.111. The molecular weight excluding hydrogens is 394 g/mol. The maximum absolute atomic E-state index is 10.3. The molecule has 0 radical (unpaired) electrons. The predicted octanol–water partition coefficient (Wildman–Crippen LogP) is 4.35. The third-order valence-electron chi connectivity index (χ3n) is 6.19. The molecule has 0 bridgehead atoms. The Morgan fingerprint density at radius 2 is 1.68 bits per heavy atom. The highest BCUT2D eigenvalue weighted by Crippen LogP contribution is 2.45. The van der Waals surface area contributed by atoms with E-state index < -0.39 is 0 Å². The lowest BCUT2D eigenvalue weighted by Gasteiger charge is -2.37. The van der Waals surface area contributed by atoms with Gasteiger partial charge in [-0.25, -0.2) is 0 Å². The van der Waals surface area contributed by atoms with Gasteiger partial charge in [-0.1, -0.05) is 6.92 Å². The predicted molar refractivity (Wildman–Crippen MR) is 120 cm³/mol. The average Bonchev–Trinajstić information content (AvgIpc) is 2.81. The minimum atomic E-state index is -0.297. The van der Waals surface area contributed by atoms with Gasteiger partial charge in [-0.15, -0.1) is 0 Å². The lowest BCUT2D eigenvalue weighted by atomic mass is 9.74. The van der Waals surface area contributed by atoms with E-state index in [0.29, 0.717) is 36.0 Å². The second kappa shape index (κ2) is 9.18. The van der Waals surface area contributed by atoms with Crippen molar-refractivity contribution >= 4 is 5.71 Å². The summed E-state index contributed by atoms with van der Waals surface area (Å²) in [5.41, 5.74) is 4.06. The van der Waals surface area contributed by atoms with Crippen LogP contribution in [0, 0.1) is 0 Å². The van der Waals surface area contributed by atoms with Crippen molar-refractivity contribution in [3.8, 4) is 23.0 Å². The maximum Gasteiger partial charge on any atom is 0.161 e. The number of aliphatic hydroxyl groups excluding tert-OH is 1. The number of benzene rings is 2. The summed E-state index contributed by atoms with van der Waals surface area (Å²) in [6.45, 7) is 2.70. The summed E-state index contributed by atoms with van der Waals surface area (Å²) in [7, 11) is 4.94. The van der Waals surface area contributed by atoms with E-state index in [9.17, 15) is 5.11 Å². The van der Waals surface area contributed by atoms with Crippen molar-refractivity contribution in [3.05, 3.63) is 47.0 Å². The molecule has 1 saturated carbocycles. The van der Waals surface area contributed by atoms with Gasteiger partial charge in [0.2, 0.25) is 0 Å². The molecule has 4 rings (SSSR count). The molecule has 0 saturated heterocycles. The molecule has 3 atom stereocenters. The van der Waals surface area contributed by atoms with E-state index in [2.05, 4.69) is 13.0 Å². The first-order chi connectivity index (χ1) is 15.1. The molecule has 6 heteroatoms. The second-order valence-corrected chi connectivity index (χ2v) is 8.13. The van der Waals surface area contributed by atoms with Crippen LogP contribution in [0.3, 0.4) is 0 Å². The van der Waals surface area contributed by atoms with Crippen molar-refractivity contribution in [1.29, 1.82) is 0 Å². The molecule has 31 heavy (non-hydrogen) atoms. The molecule has 0 aromatic heterocycles. The van der Waals surface area contributed by atoms with E-state index in [1.807, 2.05) is 24.3 Å². The third kappa shape index (κ3) is 4.09.